The molecule has 3 heterocycles. The highest BCUT2D eigenvalue weighted by Crippen LogP contribution is 2.44. The van der Waals surface area contributed by atoms with Crippen LogP contribution in [0.15, 0.2) is 4.52 Å². The van der Waals surface area contributed by atoms with Gasteiger partial charge in [-0.2, -0.15) is 4.98 Å². The van der Waals surface area contributed by atoms with Gasteiger partial charge in [0.2, 0.25) is 0 Å². The van der Waals surface area contributed by atoms with Crippen LogP contribution in [0.25, 0.3) is 0 Å². The number of rotatable bonds is 3. The fraction of sp³-hybridized carbons (Fsp3) is 0.833. The summed E-state index contributed by atoms with van der Waals surface area (Å²) in [6, 6.07) is 0. The quantitative estimate of drug-likeness (QED) is 0.816. The Morgan fingerprint density at radius 3 is 2.63 bits per heavy atom. The van der Waals surface area contributed by atoms with E-state index in [1.165, 1.54) is 0 Å². The lowest BCUT2D eigenvalue weighted by Gasteiger charge is -2.22. The summed E-state index contributed by atoms with van der Waals surface area (Å²) in [5, 5.41) is 3.88. The van der Waals surface area contributed by atoms with E-state index in [-0.39, 0.29) is 12.2 Å². The van der Waals surface area contributed by atoms with Crippen LogP contribution >= 0.6 is 0 Å². The van der Waals surface area contributed by atoms with Gasteiger partial charge in [-0.05, 0) is 13.8 Å². The van der Waals surface area contributed by atoms with Crippen LogP contribution in [0.5, 0.6) is 0 Å². The molecule has 0 unspecified atom stereocenters. The van der Waals surface area contributed by atoms with E-state index in [4.69, 9.17) is 23.5 Å². The van der Waals surface area contributed by atoms with Crippen molar-refractivity contribution in [2.24, 2.45) is 0 Å². The summed E-state index contributed by atoms with van der Waals surface area (Å²) >= 11 is 0. The number of aryl methyl sites for hydroxylation is 1. The highest BCUT2D eigenvalue weighted by atomic mass is 16.8. The van der Waals surface area contributed by atoms with Crippen LogP contribution in [0, 0.1) is 0 Å². The third-order valence-electron chi connectivity index (χ3n) is 3.29. The molecule has 7 heteroatoms. The molecule has 0 bridgehead atoms. The lowest BCUT2D eigenvalue weighted by Crippen LogP contribution is -2.30. The van der Waals surface area contributed by atoms with Gasteiger partial charge >= 0.3 is 0 Å². The molecule has 0 N–H and O–H groups in total. The van der Waals surface area contributed by atoms with Gasteiger partial charge < -0.3 is 23.5 Å². The second-order valence-corrected chi connectivity index (χ2v) is 5.13. The average Bonchev–Trinajstić information content (AvgIpc) is 3.01. The van der Waals surface area contributed by atoms with Crippen molar-refractivity contribution in [1.82, 2.24) is 10.1 Å². The maximum atomic E-state index is 5.86. The minimum absolute atomic E-state index is 0.290. The van der Waals surface area contributed by atoms with E-state index >= 15 is 0 Å². The molecule has 7 nitrogen and oxygen atoms in total. The summed E-state index contributed by atoms with van der Waals surface area (Å²) in [6.07, 6.45) is -0.828. The maximum Gasteiger partial charge on any atom is 0.258 e. The zero-order valence-corrected chi connectivity index (χ0v) is 11.5. The first-order chi connectivity index (χ1) is 9.04. The number of aromatic nitrogens is 2. The van der Waals surface area contributed by atoms with Gasteiger partial charge in [-0.25, -0.2) is 0 Å². The van der Waals surface area contributed by atoms with Gasteiger partial charge in [0, 0.05) is 13.5 Å². The van der Waals surface area contributed by atoms with E-state index in [0.717, 1.165) is 0 Å². The molecule has 2 aliphatic rings. The van der Waals surface area contributed by atoms with Crippen molar-refractivity contribution < 1.29 is 23.5 Å². The summed E-state index contributed by atoms with van der Waals surface area (Å²) in [5.41, 5.74) is 0. The monoisotopic (exact) mass is 270 g/mol. The molecule has 3 rings (SSSR count). The minimum Gasteiger partial charge on any atom is -0.353 e. The third-order valence-corrected chi connectivity index (χ3v) is 3.29. The standard InChI is InChI=1S/C12H18N2O5/c1-5-6-13-10(19-14-6)8-7-9(11(15-4)16-8)18-12(2,3)17-7/h7-9,11H,5H2,1-4H3/t7-,8+,9-,11-/m1/s1. The number of nitrogens with zero attached hydrogens (tertiary/aromatic N) is 2. The fourth-order valence-corrected chi connectivity index (χ4v) is 2.48. The number of methoxy groups -OCH3 is 1. The van der Waals surface area contributed by atoms with Crippen LogP contribution in [0.4, 0.5) is 0 Å². The second kappa shape index (κ2) is 4.52. The molecular formula is C12H18N2O5. The Hall–Kier alpha value is -1.02. The molecule has 0 aromatic carbocycles. The summed E-state index contributed by atoms with van der Waals surface area (Å²) in [4.78, 5) is 4.29. The van der Waals surface area contributed by atoms with E-state index in [2.05, 4.69) is 10.1 Å². The molecule has 19 heavy (non-hydrogen) atoms. The molecule has 0 radical (unpaired) electrons. The molecule has 106 valence electrons. The fourth-order valence-electron chi connectivity index (χ4n) is 2.48. The van der Waals surface area contributed by atoms with E-state index in [1.54, 1.807) is 7.11 Å². The Morgan fingerprint density at radius 1 is 1.26 bits per heavy atom. The number of ether oxygens (including phenoxy) is 4. The molecule has 0 amide bonds. The zero-order valence-electron chi connectivity index (χ0n) is 11.5. The Bertz CT molecular complexity index is 461. The van der Waals surface area contributed by atoms with Gasteiger partial charge in [0.1, 0.15) is 12.2 Å². The first kappa shape index (κ1) is 13.0. The first-order valence-electron chi connectivity index (χ1n) is 6.40. The lowest BCUT2D eigenvalue weighted by molar-refractivity contribution is -0.230. The Kier molecular flexibility index (Phi) is 3.09. The van der Waals surface area contributed by atoms with Crippen molar-refractivity contribution >= 4 is 0 Å². The summed E-state index contributed by atoms with van der Waals surface area (Å²) in [6.45, 7) is 5.68. The van der Waals surface area contributed by atoms with Gasteiger partial charge in [0.05, 0.1) is 0 Å². The van der Waals surface area contributed by atoms with Crippen LogP contribution in [-0.2, 0) is 25.4 Å². The Morgan fingerprint density at radius 2 is 2.00 bits per heavy atom. The highest BCUT2D eigenvalue weighted by Gasteiger charge is 2.57. The topological polar surface area (TPSA) is 75.8 Å². The Balaban J connectivity index is 1.86. The van der Waals surface area contributed by atoms with Crippen molar-refractivity contribution in [3.05, 3.63) is 11.7 Å². The van der Waals surface area contributed by atoms with Crippen LogP contribution in [0.1, 0.15) is 38.6 Å². The molecule has 1 aromatic heterocycles. The van der Waals surface area contributed by atoms with Crippen molar-refractivity contribution in [1.29, 1.82) is 0 Å². The molecule has 4 atom stereocenters. The molecule has 0 aliphatic carbocycles. The minimum atomic E-state index is -0.665. The number of hydrogen-bond donors (Lipinski definition) is 0. The van der Waals surface area contributed by atoms with E-state index < -0.39 is 18.2 Å². The first-order valence-corrected chi connectivity index (χ1v) is 6.40. The van der Waals surface area contributed by atoms with E-state index in [9.17, 15) is 0 Å². The normalized spacial score (nSPS) is 36.6. The van der Waals surface area contributed by atoms with Crippen molar-refractivity contribution in [2.75, 3.05) is 7.11 Å². The number of hydrogen-bond acceptors (Lipinski definition) is 7. The van der Waals surface area contributed by atoms with Gasteiger partial charge in [-0.15, -0.1) is 0 Å². The smallest absolute Gasteiger partial charge is 0.258 e. The van der Waals surface area contributed by atoms with Gasteiger partial charge in [0.25, 0.3) is 5.89 Å². The lowest BCUT2D eigenvalue weighted by atomic mass is 10.1. The van der Waals surface area contributed by atoms with Gasteiger partial charge in [0.15, 0.2) is 24.0 Å². The van der Waals surface area contributed by atoms with Crippen LogP contribution in [-0.4, -0.2) is 41.5 Å². The highest BCUT2D eigenvalue weighted by molar-refractivity contribution is 5.03. The molecule has 1 aromatic rings. The molecule has 2 aliphatic heterocycles. The van der Waals surface area contributed by atoms with Crippen LogP contribution < -0.4 is 0 Å². The Labute approximate surface area is 111 Å². The number of fused-ring (bicyclic) bond motifs is 1. The van der Waals surface area contributed by atoms with Crippen molar-refractivity contribution in [3.63, 3.8) is 0 Å². The van der Waals surface area contributed by atoms with Crippen molar-refractivity contribution in [3.8, 4) is 0 Å². The van der Waals surface area contributed by atoms with Crippen molar-refractivity contribution in [2.45, 2.75) is 57.6 Å². The second-order valence-electron chi connectivity index (χ2n) is 5.13. The molecule has 0 spiro atoms. The van der Waals surface area contributed by atoms with Gasteiger partial charge in [-0.3, -0.25) is 0 Å². The third kappa shape index (κ3) is 2.16. The van der Waals surface area contributed by atoms with E-state index in [0.29, 0.717) is 18.1 Å². The average molecular weight is 270 g/mol. The van der Waals surface area contributed by atoms with E-state index in [1.807, 2.05) is 20.8 Å². The SMILES string of the molecule is CCc1noc([C@H]2O[C@@H](OC)[C@@H]3OC(C)(C)O[C@@H]32)n1. The summed E-state index contributed by atoms with van der Waals surface area (Å²) in [7, 11) is 1.57. The summed E-state index contributed by atoms with van der Waals surface area (Å²) < 4.78 is 27.9. The molecule has 2 saturated heterocycles. The molecule has 0 saturated carbocycles. The largest absolute Gasteiger partial charge is 0.353 e. The van der Waals surface area contributed by atoms with Crippen LogP contribution in [0.3, 0.4) is 0 Å². The van der Waals surface area contributed by atoms with Gasteiger partial charge in [-0.1, -0.05) is 12.1 Å². The zero-order chi connectivity index (χ0) is 13.6. The predicted molar refractivity (Wildman–Crippen MR) is 62.1 cm³/mol. The molecular weight excluding hydrogens is 252 g/mol. The molecule has 2 fully saturated rings. The predicted octanol–water partition coefficient (Wildman–Crippen LogP) is 1.20. The van der Waals surface area contributed by atoms with Crippen LogP contribution in [0.2, 0.25) is 0 Å². The maximum absolute atomic E-state index is 5.86. The summed E-state index contributed by atoms with van der Waals surface area (Å²) in [5.74, 6) is 0.392.